The monoisotopic (exact) mass is 292 g/mol. The van der Waals surface area contributed by atoms with Crippen LogP contribution in [0.2, 0.25) is 0 Å². The Labute approximate surface area is 118 Å². The van der Waals surface area contributed by atoms with E-state index < -0.39 is 10.0 Å². The largest absolute Gasteiger partial charge is 0.446 e. The first kappa shape index (κ1) is 13.2. The summed E-state index contributed by atoms with van der Waals surface area (Å²) >= 11 is 0. The van der Waals surface area contributed by atoms with Crippen molar-refractivity contribution in [1.82, 2.24) is 0 Å². The van der Waals surface area contributed by atoms with E-state index in [1.807, 2.05) is 24.3 Å². The third-order valence-electron chi connectivity index (χ3n) is 3.45. The molecule has 106 valence electrons. The molecule has 6 heteroatoms. The van der Waals surface area contributed by atoms with E-state index in [1.54, 1.807) is 6.07 Å². The molecular formula is C14H16N2O3S. The van der Waals surface area contributed by atoms with E-state index in [0.29, 0.717) is 12.3 Å². The standard InChI is InChI=1S/C14H16N2O3S/c15-10-12-7-8-14(19-12)20(17,18)16-9-3-5-11-4-1-2-6-13(11)16/h1-2,4,6-8H,3,5,9-10,15H2. The minimum absolute atomic E-state index is 0.0466. The van der Waals surface area contributed by atoms with Gasteiger partial charge in [-0.15, -0.1) is 0 Å². The van der Waals surface area contributed by atoms with Crippen LogP contribution >= 0.6 is 0 Å². The van der Waals surface area contributed by atoms with Crippen LogP contribution in [0, 0.1) is 0 Å². The normalized spacial score (nSPS) is 15.2. The molecule has 0 saturated carbocycles. The average molecular weight is 292 g/mol. The summed E-state index contributed by atoms with van der Waals surface area (Å²) < 4.78 is 32.1. The number of para-hydroxylation sites is 1. The van der Waals surface area contributed by atoms with E-state index in [1.165, 1.54) is 10.4 Å². The van der Waals surface area contributed by atoms with Gasteiger partial charge in [0.2, 0.25) is 5.09 Å². The highest BCUT2D eigenvalue weighted by atomic mass is 32.2. The number of aryl methyl sites for hydroxylation is 1. The Bertz CT molecular complexity index is 722. The van der Waals surface area contributed by atoms with Crippen LogP contribution < -0.4 is 10.0 Å². The zero-order valence-electron chi connectivity index (χ0n) is 11.0. The van der Waals surface area contributed by atoms with Crippen molar-refractivity contribution in [2.45, 2.75) is 24.5 Å². The maximum absolute atomic E-state index is 12.7. The number of nitrogens with zero attached hydrogens (tertiary/aromatic N) is 1. The number of nitrogens with two attached hydrogens (primary N) is 1. The lowest BCUT2D eigenvalue weighted by Crippen LogP contribution is -2.35. The fraction of sp³-hybridized carbons (Fsp3) is 0.286. The van der Waals surface area contributed by atoms with Gasteiger partial charge in [0.05, 0.1) is 12.2 Å². The summed E-state index contributed by atoms with van der Waals surface area (Å²) in [6.07, 6.45) is 1.70. The molecule has 20 heavy (non-hydrogen) atoms. The predicted octanol–water partition coefficient (Wildman–Crippen LogP) is 1.88. The summed E-state index contributed by atoms with van der Waals surface area (Å²) in [5.41, 5.74) is 7.25. The van der Waals surface area contributed by atoms with Gasteiger partial charge in [-0.3, -0.25) is 4.31 Å². The van der Waals surface area contributed by atoms with E-state index in [4.69, 9.17) is 10.2 Å². The van der Waals surface area contributed by atoms with Crippen LogP contribution in [0.15, 0.2) is 45.9 Å². The van der Waals surface area contributed by atoms with Crippen molar-refractivity contribution in [2.24, 2.45) is 5.73 Å². The molecule has 0 radical (unpaired) electrons. The van der Waals surface area contributed by atoms with Crippen LogP contribution in [-0.4, -0.2) is 15.0 Å². The van der Waals surface area contributed by atoms with Crippen molar-refractivity contribution in [2.75, 3.05) is 10.8 Å². The summed E-state index contributed by atoms with van der Waals surface area (Å²) in [5.74, 6) is 0.467. The summed E-state index contributed by atoms with van der Waals surface area (Å²) in [7, 11) is -3.65. The van der Waals surface area contributed by atoms with Crippen molar-refractivity contribution in [3.05, 3.63) is 47.7 Å². The SMILES string of the molecule is NCc1ccc(S(=O)(=O)N2CCCc3ccccc32)o1. The molecule has 2 aromatic rings. The Balaban J connectivity index is 2.04. The lowest BCUT2D eigenvalue weighted by atomic mass is 10.0. The molecule has 0 bridgehead atoms. The van der Waals surface area contributed by atoms with Crippen LogP contribution in [0.1, 0.15) is 17.7 Å². The van der Waals surface area contributed by atoms with E-state index in [0.717, 1.165) is 24.1 Å². The number of sulfonamides is 1. The molecular weight excluding hydrogens is 276 g/mol. The molecule has 1 aliphatic rings. The molecule has 0 spiro atoms. The molecule has 0 unspecified atom stereocenters. The second-order valence-electron chi connectivity index (χ2n) is 4.73. The molecule has 1 aliphatic heterocycles. The topological polar surface area (TPSA) is 76.5 Å². The van der Waals surface area contributed by atoms with Gasteiger partial charge >= 0.3 is 0 Å². The molecule has 2 heterocycles. The minimum atomic E-state index is -3.65. The van der Waals surface area contributed by atoms with Crippen molar-refractivity contribution in [1.29, 1.82) is 0 Å². The van der Waals surface area contributed by atoms with E-state index in [2.05, 4.69) is 0 Å². The van der Waals surface area contributed by atoms with Gasteiger partial charge in [0, 0.05) is 6.54 Å². The number of hydrogen-bond acceptors (Lipinski definition) is 4. The predicted molar refractivity (Wildman–Crippen MR) is 75.9 cm³/mol. The van der Waals surface area contributed by atoms with Gasteiger partial charge < -0.3 is 10.2 Å². The number of fused-ring (bicyclic) bond motifs is 1. The van der Waals surface area contributed by atoms with Gasteiger partial charge in [-0.05, 0) is 36.6 Å². The van der Waals surface area contributed by atoms with Crippen LogP contribution in [0.5, 0.6) is 0 Å². The Morgan fingerprint density at radius 1 is 1.20 bits per heavy atom. The maximum Gasteiger partial charge on any atom is 0.297 e. The zero-order valence-corrected chi connectivity index (χ0v) is 11.8. The minimum Gasteiger partial charge on any atom is -0.446 e. The van der Waals surface area contributed by atoms with Crippen molar-refractivity contribution >= 4 is 15.7 Å². The smallest absolute Gasteiger partial charge is 0.297 e. The summed E-state index contributed by atoms with van der Waals surface area (Å²) in [6, 6.07) is 10.6. The molecule has 2 N–H and O–H groups in total. The Kier molecular flexibility index (Phi) is 3.27. The lowest BCUT2D eigenvalue weighted by molar-refractivity contribution is 0.414. The van der Waals surface area contributed by atoms with Gasteiger partial charge in [0.1, 0.15) is 5.76 Å². The first-order valence-electron chi connectivity index (χ1n) is 6.52. The van der Waals surface area contributed by atoms with Crippen molar-refractivity contribution < 1.29 is 12.8 Å². The molecule has 1 aromatic carbocycles. The second-order valence-corrected chi connectivity index (χ2v) is 6.53. The first-order valence-corrected chi connectivity index (χ1v) is 7.96. The van der Waals surface area contributed by atoms with Crippen LogP contribution in [0.25, 0.3) is 0 Å². The van der Waals surface area contributed by atoms with Crippen molar-refractivity contribution in [3.8, 4) is 0 Å². The van der Waals surface area contributed by atoms with Gasteiger partial charge in [-0.2, -0.15) is 8.42 Å². The maximum atomic E-state index is 12.7. The van der Waals surface area contributed by atoms with Crippen molar-refractivity contribution in [3.63, 3.8) is 0 Å². The third-order valence-corrected chi connectivity index (χ3v) is 5.14. The zero-order chi connectivity index (χ0) is 14.2. The number of hydrogen-bond donors (Lipinski definition) is 1. The summed E-state index contributed by atoms with van der Waals surface area (Å²) in [5, 5.41) is -0.0466. The van der Waals surface area contributed by atoms with Gasteiger partial charge in [-0.1, -0.05) is 18.2 Å². The highest BCUT2D eigenvalue weighted by molar-refractivity contribution is 7.92. The molecule has 0 saturated heterocycles. The van der Waals surface area contributed by atoms with Gasteiger partial charge in [-0.25, -0.2) is 0 Å². The molecule has 1 aromatic heterocycles. The fourth-order valence-electron chi connectivity index (χ4n) is 2.46. The molecule has 0 fully saturated rings. The third kappa shape index (κ3) is 2.10. The Hall–Kier alpha value is -1.79. The molecule has 0 amide bonds. The average Bonchev–Trinajstić information content (AvgIpc) is 2.96. The molecule has 0 aliphatic carbocycles. The van der Waals surface area contributed by atoms with Gasteiger partial charge in [0.25, 0.3) is 10.0 Å². The first-order chi connectivity index (χ1) is 9.63. The second kappa shape index (κ2) is 4.96. The van der Waals surface area contributed by atoms with E-state index >= 15 is 0 Å². The van der Waals surface area contributed by atoms with Crippen LogP contribution in [0.3, 0.4) is 0 Å². The molecule has 3 rings (SSSR count). The quantitative estimate of drug-likeness (QED) is 0.937. The van der Waals surface area contributed by atoms with Gasteiger partial charge in [0.15, 0.2) is 0 Å². The van der Waals surface area contributed by atoms with E-state index in [9.17, 15) is 8.42 Å². The summed E-state index contributed by atoms with van der Waals surface area (Å²) in [4.78, 5) is 0. The van der Waals surface area contributed by atoms with E-state index in [-0.39, 0.29) is 11.6 Å². The number of rotatable bonds is 3. The Morgan fingerprint density at radius 3 is 2.75 bits per heavy atom. The lowest BCUT2D eigenvalue weighted by Gasteiger charge is -2.29. The number of anilines is 1. The fourth-order valence-corrected chi connectivity index (χ4v) is 3.94. The molecule has 5 nitrogen and oxygen atoms in total. The molecule has 0 atom stereocenters. The van der Waals surface area contributed by atoms with Crippen LogP contribution in [0.4, 0.5) is 5.69 Å². The van der Waals surface area contributed by atoms with Crippen LogP contribution in [-0.2, 0) is 23.0 Å². The highest BCUT2D eigenvalue weighted by Crippen LogP contribution is 2.32. The number of benzene rings is 1. The Morgan fingerprint density at radius 2 is 2.00 bits per heavy atom. The number of furan rings is 1. The summed E-state index contributed by atoms with van der Waals surface area (Å²) in [6.45, 7) is 0.657. The highest BCUT2D eigenvalue weighted by Gasteiger charge is 2.31.